The van der Waals surface area contributed by atoms with E-state index in [1.807, 2.05) is 44.2 Å². The average molecular weight is 188 g/mol. The smallest absolute Gasteiger partial charge is 0.156 e. The number of benzene rings is 1. The lowest BCUT2D eigenvalue weighted by Gasteiger charge is -2.07. The van der Waals surface area contributed by atoms with Crippen molar-refractivity contribution in [3.8, 4) is 0 Å². The minimum Gasteiger partial charge on any atom is -0.295 e. The number of Topliss-reactive ketones (excluding diaryl/α,β-unsaturated/α-hetero) is 1. The molecule has 0 aliphatic heterocycles. The maximum Gasteiger partial charge on any atom is 0.156 e. The molecule has 0 unspecified atom stereocenters. The Kier molecular flexibility index (Phi) is 3.63. The lowest BCUT2D eigenvalue weighted by atomic mass is 9.97. The van der Waals surface area contributed by atoms with Gasteiger partial charge in [0, 0.05) is 0 Å². The van der Waals surface area contributed by atoms with Gasteiger partial charge in [0.1, 0.15) is 0 Å². The molecule has 1 rings (SSSR count). The zero-order chi connectivity index (χ0) is 10.6. The van der Waals surface area contributed by atoms with Gasteiger partial charge in [0.15, 0.2) is 5.78 Å². The van der Waals surface area contributed by atoms with E-state index in [0.717, 1.165) is 23.1 Å². The normalized spacial score (nSPS) is 12.2. The van der Waals surface area contributed by atoms with E-state index in [4.69, 9.17) is 0 Å². The van der Waals surface area contributed by atoms with Crippen LogP contribution in [0.2, 0.25) is 0 Å². The molecule has 14 heavy (non-hydrogen) atoms. The van der Waals surface area contributed by atoms with Crippen molar-refractivity contribution in [3.63, 3.8) is 0 Å². The molecule has 1 heteroatoms. The van der Waals surface area contributed by atoms with Crippen LogP contribution in [0, 0.1) is 0 Å². The molecule has 0 aliphatic rings. The molecule has 0 N–H and O–H groups in total. The fourth-order valence-corrected chi connectivity index (χ4v) is 1.64. The van der Waals surface area contributed by atoms with Gasteiger partial charge < -0.3 is 0 Å². The van der Waals surface area contributed by atoms with Gasteiger partial charge in [0.25, 0.3) is 0 Å². The van der Waals surface area contributed by atoms with Crippen molar-refractivity contribution in [1.82, 2.24) is 0 Å². The lowest BCUT2D eigenvalue weighted by Crippen LogP contribution is -1.98. The number of carbonyl (C=O) groups excluding carboxylic acids is 1. The van der Waals surface area contributed by atoms with E-state index in [-0.39, 0.29) is 5.78 Å². The summed E-state index contributed by atoms with van der Waals surface area (Å²) < 4.78 is 0. The molecule has 74 valence electrons. The fourth-order valence-electron chi connectivity index (χ4n) is 1.64. The van der Waals surface area contributed by atoms with Crippen molar-refractivity contribution in [3.05, 3.63) is 41.5 Å². The maximum atomic E-state index is 11.3. The Morgan fingerprint density at radius 1 is 1.14 bits per heavy atom. The predicted molar refractivity (Wildman–Crippen MR) is 60.0 cm³/mol. The van der Waals surface area contributed by atoms with Crippen LogP contribution in [-0.4, -0.2) is 5.78 Å². The standard InChI is InChI=1S/C13H16O/c1-4-13(11(3)14)10(2)12-8-6-5-7-9-12/h5-9H,4H2,1-3H3. The van der Waals surface area contributed by atoms with Crippen molar-refractivity contribution < 1.29 is 4.79 Å². The molecular weight excluding hydrogens is 172 g/mol. The Morgan fingerprint density at radius 3 is 2.14 bits per heavy atom. The van der Waals surface area contributed by atoms with Gasteiger partial charge in [0.2, 0.25) is 0 Å². The Labute approximate surface area is 85.5 Å². The maximum absolute atomic E-state index is 11.3. The zero-order valence-corrected chi connectivity index (χ0v) is 9.00. The quantitative estimate of drug-likeness (QED) is 0.664. The predicted octanol–water partition coefficient (Wildman–Crippen LogP) is 3.46. The third kappa shape index (κ3) is 2.32. The minimum atomic E-state index is 0.175. The number of carbonyl (C=O) groups is 1. The molecule has 0 saturated carbocycles. The average Bonchev–Trinajstić information content (AvgIpc) is 2.19. The second-order valence-corrected chi connectivity index (χ2v) is 3.38. The van der Waals surface area contributed by atoms with Gasteiger partial charge in [-0.25, -0.2) is 0 Å². The number of allylic oxidation sites excluding steroid dienone is 2. The van der Waals surface area contributed by atoms with E-state index < -0.39 is 0 Å². The Bertz CT molecular complexity index is 347. The number of ketones is 1. The van der Waals surface area contributed by atoms with E-state index in [1.54, 1.807) is 6.92 Å². The van der Waals surface area contributed by atoms with E-state index >= 15 is 0 Å². The first-order valence-corrected chi connectivity index (χ1v) is 4.93. The number of rotatable bonds is 3. The second-order valence-electron chi connectivity index (χ2n) is 3.38. The minimum absolute atomic E-state index is 0.175. The first-order chi connectivity index (χ1) is 6.66. The first kappa shape index (κ1) is 10.7. The zero-order valence-electron chi connectivity index (χ0n) is 9.00. The molecule has 0 fully saturated rings. The molecule has 0 atom stereocenters. The van der Waals surface area contributed by atoms with Crippen LogP contribution < -0.4 is 0 Å². The summed E-state index contributed by atoms with van der Waals surface area (Å²) in [4.78, 5) is 11.3. The lowest BCUT2D eigenvalue weighted by molar-refractivity contribution is -0.113. The molecular formula is C13H16O. The van der Waals surface area contributed by atoms with E-state index in [1.165, 1.54) is 0 Å². The Morgan fingerprint density at radius 2 is 1.71 bits per heavy atom. The SMILES string of the molecule is CCC(C(C)=O)=C(C)c1ccccc1. The van der Waals surface area contributed by atoms with Crippen LogP contribution in [0.3, 0.4) is 0 Å². The summed E-state index contributed by atoms with van der Waals surface area (Å²) in [6.07, 6.45) is 0.802. The summed E-state index contributed by atoms with van der Waals surface area (Å²) in [6.45, 7) is 5.66. The molecule has 0 saturated heterocycles. The van der Waals surface area contributed by atoms with Gasteiger partial charge in [-0.2, -0.15) is 0 Å². The largest absolute Gasteiger partial charge is 0.295 e. The van der Waals surface area contributed by atoms with Crippen molar-refractivity contribution >= 4 is 11.4 Å². The van der Waals surface area contributed by atoms with Gasteiger partial charge in [0.05, 0.1) is 0 Å². The molecule has 0 heterocycles. The summed E-state index contributed by atoms with van der Waals surface area (Å²) in [5.41, 5.74) is 3.16. The van der Waals surface area contributed by atoms with Gasteiger partial charge in [-0.05, 0) is 37.0 Å². The number of hydrogen-bond acceptors (Lipinski definition) is 1. The van der Waals surface area contributed by atoms with Crippen molar-refractivity contribution in [2.75, 3.05) is 0 Å². The van der Waals surface area contributed by atoms with Crippen molar-refractivity contribution in [2.45, 2.75) is 27.2 Å². The van der Waals surface area contributed by atoms with Crippen LogP contribution in [0.4, 0.5) is 0 Å². The molecule has 1 aromatic carbocycles. The Balaban J connectivity index is 3.15. The van der Waals surface area contributed by atoms with Crippen molar-refractivity contribution in [2.24, 2.45) is 0 Å². The van der Waals surface area contributed by atoms with Gasteiger partial charge in [-0.15, -0.1) is 0 Å². The molecule has 1 nitrogen and oxygen atoms in total. The summed E-state index contributed by atoms with van der Waals surface area (Å²) in [6, 6.07) is 10.0. The first-order valence-electron chi connectivity index (χ1n) is 4.93. The van der Waals surface area contributed by atoms with E-state index in [2.05, 4.69) is 0 Å². The van der Waals surface area contributed by atoms with Crippen LogP contribution in [0.5, 0.6) is 0 Å². The summed E-state index contributed by atoms with van der Waals surface area (Å²) >= 11 is 0. The third-order valence-corrected chi connectivity index (χ3v) is 2.44. The summed E-state index contributed by atoms with van der Waals surface area (Å²) in [5.74, 6) is 0.175. The highest BCUT2D eigenvalue weighted by atomic mass is 16.1. The van der Waals surface area contributed by atoms with Crippen LogP contribution in [-0.2, 0) is 4.79 Å². The van der Waals surface area contributed by atoms with Crippen molar-refractivity contribution in [1.29, 1.82) is 0 Å². The number of hydrogen-bond donors (Lipinski definition) is 0. The second kappa shape index (κ2) is 4.75. The monoisotopic (exact) mass is 188 g/mol. The molecule has 0 aromatic heterocycles. The van der Waals surface area contributed by atoms with Crippen LogP contribution in [0.15, 0.2) is 35.9 Å². The summed E-state index contributed by atoms with van der Waals surface area (Å²) in [5, 5.41) is 0. The van der Waals surface area contributed by atoms with Crippen LogP contribution in [0.1, 0.15) is 32.8 Å². The topological polar surface area (TPSA) is 17.1 Å². The highest BCUT2D eigenvalue weighted by Gasteiger charge is 2.06. The molecule has 1 aromatic rings. The molecule has 0 amide bonds. The molecule has 0 spiro atoms. The van der Waals surface area contributed by atoms with E-state index in [9.17, 15) is 4.79 Å². The van der Waals surface area contributed by atoms with E-state index in [0.29, 0.717) is 0 Å². The summed E-state index contributed by atoms with van der Waals surface area (Å²) in [7, 11) is 0. The Hall–Kier alpha value is -1.37. The highest BCUT2D eigenvalue weighted by Crippen LogP contribution is 2.20. The fraction of sp³-hybridized carbons (Fsp3) is 0.308. The third-order valence-electron chi connectivity index (χ3n) is 2.44. The van der Waals surface area contributed by atoms with Gasteiger partial charge in [-0.3, -0.25) is 4.79 Å². The van der Waals surface area contributed by atoms with Crippen LogP contribution >= 0.6 is 0 Å². The molecule has 0 bridgehead atoms. The van der Waals surface area contributed by atoms with Gasteiger partial charge in [-0.1, -0.05) is 37.3 Å². The molecule has 0 radical (unpaired) electrons. The molecule has 0 aliphatic carbocycles. The van der Waals surface area contributed by atoms with Gasteiger partial charge >= 0.3 is 0 Å². The highest BCUT2D eigenvalue weighted by molar-refractivity contribution is 6.00. The van der Waals surface area contributed by atoms with Crippen LogP contribution in [0.25, 0.3) is 5.57 Å².